The van der Waals surface area contributed by atoms with Crippen molar-refractivity contribution in [3.8, 4) is 0 Å². The first-order valence-corrected chi connectivity index (χ1v) is 8.88. The van der Waals surface area contributed by atoms with Crippen LogP contribution in [0, 0.1) is 6.92 Å². The molecule has 2 heteroatoms. The van der Waals surface area contributed by atoms with Crippen LogP contribution in [-0.4, -0.2) is 37.1 Å². The highest BCUT2D eigenvalue weighted by atomic mass is 15.3. The van der Waals surface area contributed by atoms with Gasteiger partial charge < -0.3 is 4.90 Å². The van der Waals surface area contributed by atoms with E-state index in [1.54, 1.807) is 0 Å². The van der Waals surface area contributed by atoms with Gasteiger partial charge in [-0.15, -0.1) is 0 Å². The molecule has 0 amide bonds. The second-order valence-corrected chi connectivity index (χ2v) is 6.86. The molecule has 0 aromatic heterocycles. The zero-order valence-corrected chi connectivity index (χ0v) is 13.6. The van der Waals surface area contributed by atoms with Crippen LogP contribution in [0.5, 0.6) is 0 Å². The van der Waals surface area contributed by atoms with Crippen molar-refractivity contribution in [1.29, 1.82) is 0 Å². The molecule has 0 spiro atoms. The lowest BCUT2D eigenvalue weighted by molar-refractivity contribution is 0.157. The van der Waals surface area contributed by atoms with Crippen LogP contribution in [0.3, 0.4) is 0 Å². The first-order chi connectivity index (χ1) is 10.3. The zero-order valence-electron chi connectivity index (χ0n) is 13.6. The first-order valence-electron chi connectivity index (χ1n) is 8.88. The van der Waals surface area contributed by atoms with Crippen LogP contribution in [0.4, 0.5) is 5.69 Å². The molecule has 1 aromatic carbocycles. The topological polar surface area (TPSA) is 6.48 Å². The highest BCUT2D eigenvalue weighted by Crippen LogP contribution is 2.24. The first kappa shape index (κ1) is 14.9. The van der Waals surface area contributed by atoms with Gasteiger partial charge in [0.25, 0.3) is 0 Å². The predicted molar refractivity (Wildman–Crippen MR) is 91.1 cm³/mol. The summed E-state index contributed by atoms with van der Waals surface area (Å²) < 4.78 is 0. The Morgan fingerprint density at radius 1 is 0.762 bits per heavy atom. The average molecular weight is 286 g/mol. The summed E-state index contributed by atoms with van der Waals surface area (Å²) >= 11 is 0. The van der Waals surface area contributed by atoms with Crippen LogP contribution in [0.25, 0.3) is 0 Å². The lowest BCUT2D eigenvalue weighted by Crippen LogP contribution is -2.50. The molecular weight excluding hydrogens is 256 g/mol. The van der Waals surface area contributed by atoms with Gasteiger partial charge in [0.2, 0.25) is 0 Å². The van der Waals surface area contributed by atoms with Crippen molar-refractivity contribution in [2.24, 2.45) is 0 Å². The van der Waals surface area contributed by atoms with Gasteiger partial charge >= 0.3 is 0 Å². The summed E-state index contributed by atoms with van der Waals surface area (Å²) in [4.78, 5) is 5.33. The number of hydrogen-bond donors (Lipinski definition) is 0. The van der Waals surface area contributed by atoms with Crippen molar-refractivity contribution in [1.82, 2.24) is 4.90 Å². The fraction of sp³-hybridized carbons (Fsp3) is 0.684. The number of nitrogens with zero attached hydrogens (tertiary/aromatic N) is 2. The number of aryl methyl sites for hydroxylation is 1. The summed E-state index contributed by atoms with van der Waals surface area (Å²) in [6.07, 6.45) is 10.1. The van der Waals surface area contributed by atoms with E-state index in [9.17, 15) is 0 Å². The van der Waals surface area contributed by atoms with Crippen LogP contribution in [0.15, 0.2) is 24.3 Å². The summed E-state index contributed by atoms with van der Waals surface area (Å²) in [5, 5.41) is 0. The Morgan fingerprint density at radius 3 is 1.95 bits per heavy atom. The molecule has 116 valence electrons. The van der Waals surface area contributed by atoms with Crippen LogP contribution >= 0.6 is 0 Å². The molecule has 0 radical (unpaired) electrons. The third kappa shape index (κ3) is 4.00. The van der Waals surface area contributed by atoms with Crippen LogP contribution in [0.1, 0.15) is 50.5 Å². The molecule has 1 saturated carbocycles. The molecule has 2 nitrogen and oxygen atoms in total. The fourth-order valence-electron chi connectivity index (χ4n) is 3.90. The second kappa shape index (κ2) is 7.31. The van der Waals surface area contributed by atoms with Crippen LogP contribution in [0.2, 0.25) is 0 Å². The number of anilines is 1. The van der Waals surface area contributed by atoms with Gasteiger partial charge in [-0.05, 0) is 31.9 Å². The molecule has 1 aromatic rings. The summed E-state index contributed by atoms with van der Waals surface area (Å²) in [5.74, 6) is 0. The third-order valence-electron chi connectivity index (χ3n) is 5.30. The fourth-order valence-corrected chi connectivity index (χ4v) is 3.90. The normalized spacial score (nSPS) is 22.8. The van der Waals surface area contributed by atoms with Gasteiger partial charge in [0, 0.05) is 37.9 Å². The van der Waals surface area contributed by atoms with E-state index >= 15 is 0 Å². The quantitative estimate of drug-likeness (QED) is 0.803. The standard InChI is InChI=1S/C19H30N2/c1-17-9-11-19(12-10-17)21-15-13-20(14-16-21)18-7-5-3-2-4-6-8-18/h9-12,18H,2-8,13-16H2,1H3. The molecule has 0 unspecified atom stereocenters. The lowest BCUT2D eigenvalue weighted by atomic mass is 9.95. The summed E-state index contributed by atoms with van der Waals surface area (Å²) in [5.41, 5.74) is 2.75. The number of hydrogen-bond acceptors (Lipinski definition) is 2. The maximum absolute atomic E-state index is 2.77. The van der Waals surface area contributed by atoms with E-state index in [-0.39, 0.29) is 0 Å². The average Bonchev–Trinajstić information content (AvgIpc) is 2.48. The number of rotatable bonds is 2. The van der Waals surface area contributed by atoms with Crippen molar-refractivity contribution in [2.45, 2.75) is 57.9 Å². The molecule has 1 saturated heterocycles. The van der Waals surface area contributed by atoms with Crippen molar-refractivity contribution in [3.05, 3.63) is 29.8 Å². The van der Waals surface area contributed by atoms with E-state index in [1.165, 1.54) is 82.4 Å². The smallest absolute Gasteiger partial charge is 0.0367 e. The van der Waals surface area contributed by atoms with Gasteiger partial charge in [-0.1, -0.05) is 49.8 Å². The molecule has 1 aliphatic carbocycles. The van der Waals surface area contributed by atoms with E-state index < -0.39 is 0 Å². The van der Waals surface area contributed by atoms with Crippen LogP contribution < -0.4 is 4.90 Å². The number of piperazine rings is 1. The minimum atomic E-state index is 0.866. The third-order valence-corrected chi connectivity index (χ3v) is 5.30. The van der Waals surface area contributed by atoms with E-state index in [1.807, 2.05) is 0 Å². The van der Waals surface area contributed by atoms with Gasteiger partial charge in [0.15, 0.2) is 0 Å². The maximum Gasteiger partial charge on any atom is 0.0367 e. The Hall–Kier alpha value is -1.02. The van der Waals surface area contributed by atoms with E-state index in [4.69, 9.17) is 0 Å². The highest BCUT2D eigenvalue weighted by molar-refractivity contribution is 5.47. The van der Waals surface area contributed by atoms with Crippen molar-refractivity contribution >= 4 is 5.69 Å². The van der Waals surface area contributed by atoms with Crippen molar-refractivity contribution < 1.29 is 0 Å². The molecule has 1 heterocycles. The van der Waals surface area contributed by atoms with Crippen LogP contribution in [-0.2, 0) is 0 Å². The largest absolute Gasteiger partial charge is 0.369 e. The van der Waals surface area contributed by atoms with Gasteiger partial charge in [-0.3, -0.25) is 4.90 Å². The molecule has 0 N–H and O–H groups in total. The van der Waals surface area contributed by atoms with Gasteiger partial charge in [-0.25, -0.2) is 0 Å². The van der Waals surface area contributed by atoms with Gasteiger partial charge in [0.1, 0.15) is 0 Å². The molecule has 21 heavy (non-hydrogen) atoms. The van der Waals surface area contributed by atoms with Gasteiger partial charge in [-0.2, -0.15) is 0 Å². The Morgan fingerprint density at radius 2 is 1.33 bits per heavy atom. The summed E-state index contributed by atoms with van der Waals surface area (Å²) in [6, 6.07) is 9.89. The highest BCUT2D eigenvalue weighted by Gasteiger charge is 2.24. The summed E-state index contributed by atoms with van der Waals surface area (Å²) in [6.45, 7) is 7.05. The number of benzene rings is 1. The molecule has 2 aliphatic rings. The predicted octanol–water partition coefficient (Wildman–Crippen LogP) is 4.23. The minimum absolute atomic E-state index is 0.866. The molecule has 1 aliphatic heterocycles. The summed E-state index contributed by atoms with van der Waals surface area (Å²) in [7, 11) is 0. The Kier molecular flexibility index (Phi) is 5.18. The molecular formula is C19H30N2. The molecule has 2 fully saturated rings. The van der Waals surface area contributed by atoms with E-state index in [0.717, 1.165) is 6.04 Å². The van der Waals surface area contributed by atoms with E-state index in [0.29, 0.717) is 0 Å². The SMILES string of the molecule is Cc1ccc(N2CCN(C3CCCCCCC3)CC2)cc1. The molecule has 0 bridgehead atoms. The second-order valence-electron chi connectivity index (χ2n) is 6.86. The monoisotopic (exact) mass is 286 g/mol. The van der Waals surface area contributed by atoms with E-state index in [2.05, 4.69) is 41.0 Å². The Balaban J connectivity index is 1.53. The van der Waals surface area contributed by atoms with Gasteiger partial charge in [0.05, 0.1) is 0 Å². The molecule has 0 atom stereocenters. The minimum Gasteiger partial charge on any atom is -0.369 e. The lowest BCUT2D eigenvalue weighted by Gasteiger charge is -2.41. The van der Waals surface area contributed by atoms with Crippen molar-refractivity contribution in [3.63, 3.8) is 0 Å². The molecule has 3 rings (SSSR count). The maximum atomic E-state index is 2.77. The zero-order chi connectivity index (χ0) is 14.5. The Labute approximate surface area is 130 Å². The Bertz CT molecular complexity index is 410. The van der Waals surface area contributed by atoms with Crippen molar-refractivity contribution in [2.75, 3.05) is 31.1 Å².